The van der Waals surface area contributed by atoms with E-state index < -0.39 is 16.5 Å². The van der Waals surface area contributed by atoms with Gasteiger partial charge in [0.05, 0.1) is 17.6 Å². The van der Waals surface area contributed by atoms with Gasteiger partial charge in [-0.1, -0.05) is 83.1 Å². The maximum Gasteiger partial charge on any atom is 0.166 e. The summed E-state index contributed by atoms with van der Waals surface area (Å²) in [4.78, 5) is 27.0. The molecule has 0 saturated carbocycles. The molecule has 4 nitrogen and oxygen atoms in total. The number of ketones is 2. The zero-order chi connectivity index (χ0) is 28.7. The van der Waals surface area contributed by atoms with Crippen molar-refractivity contribution in [2.75, 3.05) is 6.54 Å². The van der Waals surface area contributed by atoms with Crippen LogP contribution in [0.15, 0.2) is 0 Å². The quantitative estimate of drug-likeness (QED) is 0.293. The molecule has 0 aromatic carbocycles. The van der Waals surface area contributed by atoms with Gasteiger partial charge in [-0.15, -0.1) is 0 Å². The zero-order valence-corrected chi connectivity index (χ0v) is 26.9. The minimum Gasteiger partial charge on any atom is -0.300 e. The first-order chi connectivity index (χ1) is 14.9. The first kappa shape index (κ1) is 34.3. The normalized spacial score (nSPS) is 15.4. The molecule has 0 spiro atoms. The lowest BCUT2D eigenvalue weighted by Crippen LogP contribution is -2.61. The van der Waals surface area contributed by atoms with Crippen LogP contribution >= 0.6 is 0 Å². The van der Waals surface area contributed by atoms with E-state index >= 15 is 0 Å². The molecule has 0 aromatic rings. The SMILES string of the molecule is CC(C)(CC(C)(C)C(C)(C)C)NC(C)(C)C(=O)CNC(C)(C)C(=O)C(C)(C)CC(C)(C)C(C)(C)C. The summed E-state index contributed by atoms with van der Waals surface area (Å²) in [6, 6.07) is 0. The Kier molecular flexibility index (Phi) is 9.98. The minimum atomic E-state index is -0.799. The van der Waals surface area contributed by atoms with Gasteiger partial charge in [-0.25, -0.2) is 0 Å². The Morgan fingerprint density at radius 2 is 0.914 bits per heavy atom. The largest absolute Gasteiger partial charge is 0.300 e. The van der Waals surface area contributed by atoms with E-state index in [4.69, 9.17) is 0 Å². The summed E-state index contributed by atoms with van der Waals surface area (Å²) in [6.07, 6.45) is 1.72. The predicted molar refractivity (Wildman–Crippen MR) is 153 cm³/mol. The van der Waals surface area contributed by atoms with Crippen molar-refractivity contribution < 1.29 is 9.59 Å². The molecular formula is C31H62N2O2. The standard InChI is InChI=1S/C31H62N2O2/c1-24(2,3)27(9,10)20-26(7,8)23(35)31(17,18)32-19-22(34)30(15,16)33-29(13,14)21-28(11,12)25(4,5)6/h32-33H,19-21H2,1-18H3. The van der Waals surface area contributed by atoms with E-state index in [9.17, 15) is 9.59 Å². The average molecular weight is 495 g/mol. The van der Waals surface area contributed by atoms with Crippen molar-refractivity contribution in [1.29, 1.82) is 0 Å². The number of hydrogen-bond acceptors (Lipinski definition) is 4. The van der Waals surface area contributed by atoms with Crippen LogP contribution in [0.3, 0.4) is 0 Å². The van der Waals surface area contributed by atoms with E-state index in [0.717, 1.165) is 12.8 Å². The zero-order valence-electron chi connectivity index (χ0n) is 26.9. The molecule has 0 amide bonds. The van der Waals surface area contributed by atoms with Gasteiger partial charge < -0.3 is 5.32 Å². The van der Waals surface area contributed by atoms with Crippen LogP contribution in [0.5, 0.6) is 0 Å². The molecule has 0 fully saturated rings. The van der Waals surface area contributed by atoms with Crippen LogP contribution in [-0.4, -0.2) is 34.7 Å². The van der Waals surface area contributed by atoms with Gasteiger partial charge in [-0.2, -0.15) is 0 Å². The molecule has 0 heterocycles. The number of rotatable bonds is 12. The van der Waals surface area contributed by atoms with Gasteiger partial charge in [0, 0.05) is 11.0 Å². The number of Topliss-reactive ketones (excluding diaryl/α,β-unsaturated/α-hetero) is 2. The van der Waals surface area contributed by atoms with Crippen molar-refractivity contribution in [2.24, 2.45) is 27.1 Å². The lowest BCUT2D eigenvalue weighted by atomic mass is 9.60. The monoisotopic (exact) mass is 494 g/mol. The smallest absolute Gasteiger partial charge is 0.166 e. The van der Waals surface area contributed by atoms with Crippen LogP contribution in [0.1, 0.15) is 137 Å². The fourth-order valence-corrected chi connectivity index (χ4v) is 5.23. The van der Waals surface area contributed by atoms with Gasteiger partial charge in [-0.05, 0) is 76.0 Å². The Labute approximate surface area is 219 Å². The Bertz CT molecular complexity index is 754. The molecule has 0 aliphatic heterocycles. The molecule has 0 unspecified atom stereocenters. The van der Waals surface area contributed by atoms with Crippen LogP contribution in [0, 0.1) is 27.1 Å². The van der Waals surface area contributed by atoms with E-state index in [2.05, 4.69) is 93.7 Å². The topological polar surface area (TPSA) is 58.2 Å². The molecule has 2 N–H and O–H groups in total. The summed E-state index contributed by atoms with van der Waals surface area (Å²) in [6.45, 7) is 38.9. The van der Waals surface area contributed by atoms with E-state index in [0.29, 0.717) is 0 Å². The molecule has 0 atom stereocenters. The molecule has 0 rings (SSSR count). The van der Waals surface area contributed by atoms with Crippen molar-refractivity contribution in [3.8, 4) is 0 Å². The average Bonchev–Trinajstić information content (AvgIpc) is 2.53. The fourth-order valence-electron chi connectivity index (χ4n) is 5.23. The van der Waals surface area contributed by atoms with Crippen molar-refractivity contribution in [1.82, 2.24) is 10.6 Å². The molecule has 0 aliphatic carbocycles. The highest BCUT2D eigenvalue weighted by molar-refractivity contribution is 5.94. The second-order valence-electron chi connectivity index (χ2n) is 16.9. The van der Waals surface area contributed by atoms with Crippen molar-refractivity contribution >= 4 is 11.6 Å². The summed E-state index contributed by atoms with van der Waals surface area (Å²) in [5.41, 5.74) is -1.91. The van der Waals surface area contributed by atoms with E-state index in [1.165, 1.54) is 0 Å². The Balaban J connectivity index is 5.43. The number of carbonyl (C=O) groups excluding carboxylic acids is 2. The Hall–Kier alpha value is -0.740. The summed E-state index contributed by atoms with van der Waals surface area (Å²) in [5.74, 6) is 0.209. The van der Waals surface area contributed by atoms with E-state index in [-0.39, 0.29) is 45.3 Å². The molecule has 0 aliphatic rings. The van der Waals surface area contributed by atoms with Gasteiger partial charge in [-0.3, -0.25) is 14.9 Å². The Morgan fingerprint density at radius 3 is 1.29 bits per heavy atom. The number of carbonyl (C=O) groups is 2. The fraction of sp³-hybridized carbons (Fsp3) is 0.935. The molecule has 35 heavy (non-hydrogen) atoms. The lowest BCUT2D eigenvalue weighted by molar-refractivity contribution is -0.136. The Morgan fingerprint density at radius 1 is 0.543 bits per heavy atom. The first-order valence-electron chi connectivity index (χ1n) is 13.5. The van der Waals surface area contributed by atoms with Crippen molar-refractivity contribution in [3.05, 3.63) is 0 Å². The lowest BCUT2D eigenvalue weighted by Gasteiger charge is -2.47. The molecule has 208 valence electrons. The van der Waals surface area contributed by atoms with Crippen LogP contribution in [-0.2, 0) is 9.59 Å². The molecule has 4 heteroatoms. The maximum absolute atomic E-state index is 13.6. The first-order valence-corrected chi connectivity index (χ1v) is 13.5. The van der Waals surface area contributed by atoms with Gasteiger partial charge in [0.1, 0.15) is 0 Å². The summed E-state index contributed by atoms with van der Waals surface area (Å²) < 4.78 is 0. The molecular weight excluding hydrogens is 432 g/mol. The molecule has 0 radical (unpaired) electrons. The molecule has 0 aromatic heterocycles. The number of nitrogens with one attached hydrogen (secondary N) is 2. The molecule has 0 saturated heterocycles. The summed E-state index contributed by atoms with van der Waals surface area (Å²) in [5, 5.41) is 6.94. The minimum absolute atomic E-state index is 0.00359. The van der Waals surface area contributed by atoms with Gasteiger partial charge >= 0.3 is 0 Å². The van der Waals surface area contributed by atoms with Gasteiger partial charge in [0.25, 0.3) is 0 Å². The highest BCUT2D eigenvalue weighted by Crippen LogP contribution is 2.47. The second-order valence-corrected chi connectivity index (χ2v) is 16.9. The van der Waals surface area contributed by atoms with E-state index in [1.807, 2.05) is 41.5 Å². The van der Waals surface area contributed by atoms with E-state index in [1.54, 1.807) is 0 Å². The number of hydrogen-bond donors (Lipinski definition) is 2. The maximum atomic E-state index is 13.6. The van der Waals surface area contributed by atoms with Crippen molar-refractivity contribution in [3.63, 3.8) is 0 Å². The van der Waals surface area contributed by atoms with Crippen LogP contribution in [0.25, 0.3) is 0 Å². The van der Waals surface area contributed by atoms with Gasteiger partial charge in [0.15, 0.2) is 11.6 Å². The highest BCUT2D eigenvalue weighted by Gasteiger charge is 2.46. The molecule has 0 bridgehead atoms. The third-order valence-corrected chi connectivity index (χ3v) is 9.05. The van der Waals surface area contributed by atoms with Crippen LogP contribution in [0.4, 0.5) is 0 Å². The summed E-state index contributed by atoms with van der Waals surface area (Å²) >= 11 is 0. The second kappa shape index (κ2) is 10.2. The van der Waals surface area contributed by atoms with Crippen molar-refractivity contribution in [2.45, 2.75) is 154 Å². The van der Waals surface area contributed by atoms with Gasteiger partial charge in [0.2, 0.25) is 0 Å². The van der Waals surface area contributed by atoms with Crippen LogP contribution in [0.2, 0.25) is 0 Å². The van der Waals surface area contributed by atoms with Crippen LogP contribution < -0.4 is 10.6 Å². The predicted octanol–water partition coefficient (Wildman–Crippen LogP) is 7.59. The summed E-state index contributed by atoms with van der Waals surface area (Å²) in [7, 11) is 0. The third-order valence-electron chi connectivity index (χ3n) is 9.05. The highest BCUT2D eigenvalue weighted by atomic mass is 16.1. The third kappa shape index (κ3) is 9.26.